The molecule has 0 spiro atoms. The Labute approximate surface area is 114 Å². The van der Waals surface area contributed by atoms with Gasteiger partial charge in [-0.05, 0) is 18.4 Å². The lowest BCUT2D eigenvalue weighted by Gasteiger charge is -2.15. The van der Waals surface area contributed by atoms with Crippen LogP contribution in [0.2, 0.25) is 0 Å². The Balaban J connectivity index is 2.99. The predicted molar refractivity (Wildman–Crippen MR) is 69.4 cm³/mol. The summed E-state index contributed by atoms with van der Waals surface area (Å²) >= 11 is 0. The zero-order valence-corrected chi connectivity index (χ0v) is 11.1. The summed E-state index contributed by atoms with van der Waals surface area (Å²) in [6.45, 7) is 3.74. The number of aromatic carboxylic acids is 1. The highest BCUT2D eigenvalue weighted by atomic mass is 19.2. The Morgan fingerprint density at radius 3 is 2.35 bits per heavy atom. The molecule has 0 aromatic heterocycles. The lowest BCUT2D eigenvalue weighted by atomic mass is 10.0. The fourth-order valence-corrected chi connectivity index (χ4v) is 1.67. The molecule has 0 aliphatic heterocycles. The van der Waals surface area contributed by atoms with Crippen LogP contribution in [0.1, 0.15) is 30.6 Å². The molecule has 1 aromatic carbocycles. The smallest absolute Gasteiger partial charge is 0.337 e. The molecule has 0 aliphatic carbocycles. The maximum atomic E-state index is 13.1. The molecule has 20 heavy (non-hydrogen) atoms. The van der Waals surface area contributed by atoms with Crippen LogP contribution >= 0.6 is 0 Å². The second-order valence-electron chi connectivity index (χ2n) is 4.84. The molecule has 0 fully saturated rings. The van der Waals surface area contributed by atoms with E-state index in [2.05, 4.69) is 5.32 Å². The van der Waals surface area contributed by atoms with Gasteiger partial charge < -0.3 is 16.2 Å². The SMILES string of the molecule is CC(C)CC(N)C(=O)Nc1cc(F)c(F)cc1C(=O)O. The van der Waals surface area contributed by atoms with Crippen LogP contribution < -0.4 is 11.1 Å². The van der Waals surface area contributed by atoms with Crippen molar-refractivity contribution in [2.45, 2.75) is 26.3 Å². The van der Waals surface area contributed by atoms with Gasteiger partial charge >= 0.3 is 5.97 Å². The second-order valence-corrected chi connectivity index (χ2v) is 4.84. The molecule has 110 valence electrons. The molecule has 0 saturated heterocycles. The summed E-state index contributed by atoms with van der Waals surface area (Å²) in [5, 5.41) is 11.1. The molecule has 1 aromatic rings. The fraction of sp³-hybridized carbons (Fsp3) is 0.385. The van der Waals surface area contributed by atoms with Crippen LogP contribution in [0.15, 0.2) is 12.1 Å². The quantitative estimate of drug-likeness (QED) is 0.771. The van der Waals surface area contributed by atoms with Crippen molar-refractivity contribution in [1.82, 2.24) is 0 Å². The van der Waals surface area contributed by atoms with Crippen LogP contribution in [-0.4, -0.2) is 23.0 Å². The number of nitrogens with one attached hydrogen (secondary N) is 1. The molecule has 0 aliphatic rings. The van der Waals surface area contributed by atoms with Gasteiger partial charge in [-0.3, -0.25) is 4.79 Å². The van der Waals surface area contributed by atoms with Crippen molar-refractivity contribution in [3.8, 4) is 0 Å². The molecule has 0 saturated carbocycles. The van der Waals surface area contributed by atoms with Gasteiger partial charge in [0.2, 0.25) is 5.91 Å². The highest BCUT2D eigenvalue weighted by molar-refractivity contribution is 6.02. The van der Waals surface area contributed by atoms with E-state index in [0.29, 0.717) is 18.6 Å². The van der Waals surface area contributed by atoms with E-state index < -0.39 is 35.1 Å². The lowest BCUT2D eigenvalue weighted by Crippen LogP contribution is -2.37. The van der Waals surface area contributed by atoms with Crippen molar-refractivity contribution in [3.63, 3.8) is 0 Å². The van der Waals surface area contributed by atoms with E-state index in [-0.39, 0.29) is 11.6 Å². The van der Waals surface area contributed by atoms with E-state index in [1.165, 1.54) is 0 Å². The number of hydrogen-bond acceptors (Lipinski definition) is 3. The number of rotatable bonds is 5. The van der Waals surface area contributed by atoms with Gasteiger partial charge in [0, 0.05) is 6.07 Å². The number of nitrogens with two attached hydrogens (primary N) is 1. The molecule has 1 amide bonds. The summed E-state index contributed by atoms with van der Waals surface area (Å²) in [5.74, 6) is -4.50. The van der Waals surface area contributed by atoms with Gasteiger partial charge in [0.05, 0.1) is 17.3 Å². The molecule has 1 rings (SSSR count). The molecular formula is C13H16F2N2O3. The van der Waals surface area contributed by atoms with Gasteiger partial charge in [-0.15, -0.1) is 0 Å². The van der Waals surface area contributed by atoms with Crippen molar-refractivity contribution in [3.05, 3.63) is 29.3 Å². The number of amides is 1. The number of carboxylic acid groups (broad SMARTS) is 1. The topological polar surface area (TPSA) is 92.4 Å². The maximum absolute atomic E-state index is 13.1. The van der Waals surface area contributed by atoms with Gasteiger partial charge in [-0.1, -0.05) is 13.8 Å². The van der Waals surface area contributed by atoms with E-state index in [1.54, 1.807) is 0 Å². The average molecular weight is 286 g/mol. The van der Waals surface area contributed by atoms with Gasteiger partial charge in [0.25, 0.3) is 0 Å². The minimum absolute atomic E-state index is 0.166. The molecule has 7 heteroatoms. The van der Waals surface area contributed by atoms with E-state index in [9.17, 15) is 18.4 Å². The van der Waals surface area contributed by atoms with Gasteiger partial charge in [0.1, 0.15) is 0 Å². The van der Waals surface area contributed by atoms with Crippen LogP contribution in [0.25, 0.3) is 0 Å². The molecule has 0 heterocycles. The van der Waals surface area contributed by atoms with E-state index in [0.717, 1.165) is 0 Å². The van der Waals surface area contributed by atoms with Crippen molar-refractivity contribution in [2.24, 2.45) is 11.7 Å². The second kappa shape index (κ2) is 6.42. The summed E-state index contributed by atoms with van der Waals surface area (Å²) in [4.78, 5) is 22.7. The summed E-state index contributed by atoms with van der Waals surface area (Å²) in [6.07, 6.45) is 0.387. The molecule has 0 bridgehead atoms. The standard InChI is InChI=1S/C13H16F2N2O3/c1-6(2)3-10(16)12(18)17-11-5-9(15)8(14)4-7(11)13(19)20/h4-6,10H,3,16H2,1-2H3,(H,17,18)(H,19,20). The van der Waals surface area contributed by atoms with E-state index in [1.807, 2.05) is 13.8 Å². The van der Waals surface area contributed by atoms with Gasteiger partial charge in [-0.2, -0.15) is 0 Å². The van der Waals surface area contributed by atoms with Crippen molar-refractivity contribution >= 4 is 17.6 Å². The number of benzene rings is 1. The number of carboxylic acids is 1. The van der Waals surface area contributed by atoms with Crippen LogP contribution in [0.4, 0.5) is 14.5 Å². The van der Waals surface area contributed by atoms with E-state index in [4.69, 9.17) is 10.8 Å². The minimum atomic E-state index is -1.48. The highest BCUT2D eigenvalue weighted by Crippen LogP contribution is 2.20. The Kier molecular flexibility index (Phi) is 5.15. The molecule has 5 nitrogen and oxygen atoms in total. The number of anilines is 1. The minimum Gasteiger partial charge on any atom is -0.478 e. The molecule has 4 N–H and O–H groups in total. The monoisotopic (exact) mass is 286 g/mol. The van der Waals surface area contributed by atoms with Crippen molar-refractivity contribution in [1.29, 1.82) is 0 Å². The first kappa shape index (κ1) is 16.0. The third kappa shape index (κ3) is 3.99. The van der Waals surface area contributed by atoms with Crippen molar-refractivity contribution < 1.29 is 23.5 Å². The zero-order valence-electron chi connectivity index (χ0n) is 11.1. The summed E-state index contributed by atoms with van der Waals surface area (Å²) in [7, 11) is 0. The maximum Gasteiger partial charge on any atom is 0.337 e. The number of carbonyl (C=O) groups is 2. The van der Waals surface area contributed by atoms with Gasteiger partial charge in [-0.25, -0.2) is 13.6 Å². The Hall–Kier alpha value is -2.02. The number of halogens is 2. The lowest BCUT2D eigenvalue weighted by molar-refractivity contribution is -0.117. The molecule has 0 radical (unpaired) electrons. The van der Waals surface area contributed by atoms with Crippen molar-refractivity contribution in [2.75, 3.05) is 5.32 Å². The molecule has 1 atom stereocenters. The van der Waals surface area contributed by atoms with Crippen LogP contribution in [0, 0.1) is 17.6 Å². The fourth-order valence-electron chi connectivity index (χ4n) is 1.67. The van der Waals surface area contributed by atoms with Crippen LogP contribution in [-0.2, 0) is 4.79 Å². The third-order valence-corrected chi connectivity index (χ3v) is 2.61. The number of hydrogen-bond donors (Lipinski definition) is 3. The summed E-state index contributed by atoms with van der Waals surface area (Å²) < 4.78 is 26.1. The predicted octanol–water partition coefficient (Wildman–Crippen LogP) is 1.97. The Morgan fingerprint density at radius 1 is 1.30 bits per heavy atom. The van der Waals surface area contributed by atoms with E-state index >= 15 is 0 Å². The molecular weight excluding hydrogens is 270 g/mol. The first-order valence-electron chi connectivity index (χ1n) is 6.01. The highest BCUT2D eigenvalue weighted by Gasteiger charge is 2.20. The Morgan fingerprint density at radius 2 is 1.85 bits per heavy atom. The zero-order chi connectivity index (χ0) is 15.4. The normalized spacial score (nSPS) is 12.3. The average Bonchev–Trinajstić information content (AvgIpc) is 2.32. The largest absolute Gasteiger partial charge is 0.478 e. The molecule has 1 unspecified atom stereocenters. The first-order chi connectivity index (χ1) is 9.22. The third-order valence-electron chi connectivity index (χ3n) is 2.61. The Bertz CT molecular complexity index is 533. The summed E-state index contributed by atoms with van der Waals surface area (Å²) in [6, 6.07) is 0.282. The first-order valence-corrected chi connectivity index (χ1v) is 6.01. The van der Waals surface area contributed by atoms with Gasteiger partial charge in [0.15, 0.2) is 11.6 Å². The number of carbonyl (C=O) groups excluding carboxylic acids is 1. The summed E-state index contributed by atoms with van der Waals surface area (Å²) in [5.41, 5.74) is 4.78. The van der Waals surface area contributed by atoms with Crippen LogP contribution in [0.3, 0.4) is 0 Å². The van der Waals surface area contributed by atoms with Crippen LogP contribution in [0.5, 0.6) is 0 Å².